The highest BCUT2D eigenvalue weighted by Gasteiger charge is 2.18. The van der Waals surface area contributed by atoms with Crippen LogP contribution in [-0.2, 0) is 4.79 Å². The number of benzene rings is 2. The number of rotatable bonds is 9. The predicted octanol–water partition coefficient (Wildman–Crippen LogP) is 4.79. The van der Waals surface area contributed by atoms with E-state index >= 15 is 0 Å². The number of amides is 2. The number of nitrogens with zero attached hydrogens (tertiary/aromatic N) is 1. The van der Waals surface area contributed by atoms with Crippen LogP contribution >= 0.6 is 0 Å². The quantitative estimate of drug-likeness (QED) is 0.608. The Morgan fingerprint density at radius 1 is 1.00 bits per heavy atom. The fourth-order valence-corrected chi connectivity index (χ4v) is 3.51. The number of piperidine rings is 1. The second-order valence-corrected chi connectivity index (χ2v) is 8.39. The summed E-state index contributed by atoms with van der Waals surface area (Å²) in [6, 6.07) is 14.8. The minimum Gasteiger partial charge on any atom is -0.494 e. The maximum absolute atomic E-state index is 12.7. The molecule has 3 rings (SSSR count). The molecule has 6 nitrogen and oxygen atoms in total. The number of likely N-dealkylation sites (tertiary alicyclic amines) is 1. The molecule has 2 N–H and O–H groups in total. The van der Waals surface area contributed by atoms with Gasteiger partial charge in [0.05, 0.1) is 13.2 Å². The van der Waals surface area contributed by atoms with Crippen molar-refractivity contribution in [2.24, 2.45) is 5.92 Å². The zero-order valence-electron chi connectivity index (χ0n) is 18.5. The molecule has 1 fully saturated rings. The Kier molecular flexibility index (Phi) is 8.33. The average Bonchev–Trinajstić information content (AvgIpc) is 2.78. The lowest BCUT2D eigenvalue weighted by molar-refractivity contribution is -0.114. The summed E-state index contributed by atoms with van der Waals surface area (Å²) in [4.78, 5) is 27.0. The van der Waals surface area contributed by atoms with Crippen molar-refractivity contribution >= 4 is 23.2 Å². The van der Waals surface area contributed by atoms with Crippen molar-refractivity contribution in [3.05, 3.63) is 54.1 Å². The molecule has 0 bridgehead atoms. The van der Waals surface area contributed by atoms with Crippen LogP contribution in [0.4, 0.5) is 11.4 Å². The van der Waals surface area contributed by atoms with Gasteiger partial charge in [-0.05, 0) is 61.9 Å². The summed E-state index contributed by atoms with van der Waals surface area (Å²) in [6.07, 6.45) is 4.30. The number of hydrogen-bond acceptors (Lipinski definition) is 4. The Morgan fingerprint density at radius 3 is 2.52 bits per heavy atom. The minimum absolute atomic E-state index is 0.0575. The number of nitrogens with one attached hydrogen (secondary N) is 2. The molecule has 6 heteroatoms. The van der Waals surface area contributed by atoms with Gasteiger partial charge in [-0.15, -0.1) is 0 Å². The monoisotopic (exact) mass is 423 g/mol. The van der Waals surface area contributed by atoms with Crippen LogP contribution in [-0.4, -0.2) is 43.0 Å². The van der Waals surface area contributed by atoms with E-state index in [0.29, 0.717) is 23.8 Å². The fourth-order valence-electron chi connectivity index (χ4n) is 3.51. The van der Waals surface area contributed by atoms with Crippen LogP contribution in [0.5, 0.6) is 5.75 Å². The summed E-state index contributed by atoms with van der Waals surface area (Å²) in [6.45, 7) is 6.72. The van der Waals surface area contributed by atoms with E-state index in [1.54, 1.807) is 0 Å². The smallest absolute Gasteiger partial charge is 0.253 e. The fraction of sp³-hybridized carbons (Fsp3) is 0.440. The molecule has 166 valence electrons. The molecule has 0 radical (unpaired) electrons. The van der Waals surface area contributed by atoms with E-state index in [9.17, 15) is 9.59 Å². The third-order valence-electron chi connectivity index (χ3n) is 5.29. The van der Waals surface area contributed by atoms with E-state index in [0.717, 1.165) is 43.8 Å². The molecule has 0 atom stereocenters. The first-order valence-electron chi connectivity index (χ1n) is 11.2. The van der Waals surface area contributed by atoms with Crippen molar-refractivity contribution in [2.75, 3.05) is 36.9 Å². The summed E-state index contributed by atoms with van der Waals surface area (Å²) < 4.78 is 5.75. The minimum atomic E-state index is -0.160. The van der Waals surface area contributed by atoms with Gasteiger partial charge in [-0.25, -0.2) is 0 Å². The van der Waals surface area contributed by atoms with Gasteiger partial charge in [-0.3, -0.25) is 9.59 Å². The van der Waals surface area contributed by atoms with Crippen LogP contribution in [0.2, 0.25) is 0 Å². The van der Waals surface area contributed by atoms with Crippen molar-refractivity contribution in [3.63, 3.8) is 0 Å². The van der Waals surface area contributed by atoms with Crippen LogP contribution < -0.4 is 15.4 Å². The number of hydrogen-bond donors (Lipinski definition) is 2. The van der Waals surface area contributed by atoms with Crippen molar-refractivity contribution < 1.29 is 14.3 Å². The first-order chi connectivity index (χ1) is 15.0. The summed E-state index contributed by atoms with van der Waals surface area (Å²) >= 11 is 0. The first-order valence-corrected chi connectivity index (χ1v) is 11.2. The third kappa shape index (κ3) is 7.31. The van der Waals surface area contributed by atoms with Gasteiger partial charge in [0.2, 0.25) is 5.91 Å². The van der Waals surface area contributed by atoms with Crippen LogP contribution in [0.1, 0.15) is 49.9 Å². The SMILES string of the molecule is CC(C)CCOc1cccc(NC(=O)CNc2cccc(C(=O)N3CCCCC3)c2)c1. The Labute approximate surface area is 185 Å². The summed E-state index contributed by atoms with van der Waals surface area (Å²) in [7, 11) is 0. The largest absolute Gasteiger partial charge is 0.494 e. The highest BCUT2D eigenvalue weighted by atomic mass is 16.5. The zero-order chi connectivity index (χ0) is 22.1. The van der Waals surface area contributed by atoms with Crippen molar-refractivity contribution in [1.82, 2.24) is 4.90 Å². The van der Waals surface area contributed by atoms with E-state index in [4.69, 9.17) is 4.74 Å². The van der Waals surface area contributed by atoms with Crippen LogP contribution in [0.15, 0.2) is 48.5 Å². The predicted molar refractivity (Wildman–Crippen MR) is 125 cm³/mol. The second-order valence-electron chi connectivity index (χ2n) is 8.39. The standard InChI is InChI=1S/C25H33N3O3/c1-19(2)12-15-31-23-11-7-10-22(17-23)27-24(29)18-26-21-9-6-8-20(16-21)25(30)28-13-4-3-5-14-28/h6-11,16-17,19,26H,3-5,12-15,18H2,1-2H3,(H,27,29). The Balaban J connectivity index is 1.50. The highest BCUT2D eigenvalue weighted by molar-refractivity contribution is 5.96. The maximum atomic E-state index is 12.7. The van der Waals surface area contributed by atoms with Crippen LogP contribution in [0.3, 0.4) is 0 Å². The lowest BCUT2D eigenvalue weighted by atomic mass is 10.1. The molecule has 0 aliphatic carbocycles. The molecule has 1 saturated heterocycles. The molecule has 2 aromatic rings. The molecular formula is C25H33N3O3. The van der Waals surface area contributed by atoms with E-state index in [2.05, 4.69) is 24.5 Å². The summed E-state index contributed by atoms with van der Waals surface area (Å²) in [5, 5.41) is 5.99. The van der Waals surface area contributed by atoms with Crippen molar-refractivity contribution in [2.45, 2.75) is 39.5 Å². The van der Waals surface area contributed by atoms with Crippen molar-refractivity contribution in [3.8, 4) is 5.75 Å². The average molecular weight is 424 g/mol. The van der Waals surface area contributed by atoms with E-state index in [-0.39, 0.29) is 18.4 Å². The van der Waals surface area contributed by atoms with Crippen molar-refractivity contribution in [1.29, 1.82) is 0 Å². The highest BCUT2D eigenvalue weighted by Crippen LogP contribution is 2.19. The first kappa shape index (κ1) is 22.7. The Morgan fingerprint density at radius 2 is 1.74 bits per heavy atom. The molecule has 0 saturated carbocycles. The summed E-state index contributed by atoms with van der Waals surface area (Å²) in [5.41, 5.74) is 2.10. The van der Waals surface area contributed by atoms with Gasteiger partial charge in [0.25, 0.3) is 5.91 Å². The zero-order valence-corrected chi connectivity index (χ0v) is 18.5. The molecule has 0 aromatic heterocycles. The second kappa shape index (κ2) is 11.4. The molecule has 2 amide bonds. The van der Waals surface area contributed by atoms with E-state index < -0.39 is 0 Å². The number of carbonyl (C=O) groups excluding carboxylic acids is 2. The molecule has 2 aromatic carbocycles. The van der Waals surface area contributed by atoms with Gasteiger partial charge in [-0.1, -0.05) is 26.0 Å². The molecular weight excluding hydrogens is 390 g/mol. The summed E-state index contributed by atoms with van der Waals surface area (Å²) in [5.74, 6) is 1.23. The van der Waals surface area contributed by atoms with Gasteiger partial charge in [0.15, 0.2) is 0 Å². The topological polar surface area (TPSA) is 70.7 Å². The van der Waals surface area contributed by atoms with E-state index in [1.807, 2.05) is 53.4 Å². The molecule has 1 heterocycles. The van der Waals surface area contributed by atoms with Gasteiger partial charge in [-0.2, -0.15) is 0 Å². The molecule has 1 aliphatic rings. The molecule has 31 heavy (non-hydrogen) atoms. The van der Waals surface area contributed by atoms with Crippen LogP contribution in [0.25, 0.3) is 0 Å². The molecule has 0 unspecified atom stereocenters. The van der Waals surface area contributed by atoms with Gasteiger partial charge in [0.1, 0.15) is 5.75 Å². The molecule has 0 spiro atoms. The lowest BCUT2D eigenvalue weighted by Crippen LogP contribution is -2.35. The Hall–Kier alpha value is -3.02. The maximum Gasteiger partial charge on any atom is 0.253 e. The van der Waals surface area contributed by atoms with Crippen LogP contribution in [0, 0.1) is 5.92 Å². The van der Waals surface area contributed by atoms with Gasteiger partial charge < -0.3 is 20.3 Å². The number of anilines is 2. The van der Waals surface area contributed by atoms with Gasteiger partial charge in [0, 0.05) is 36.1 Å². The Bertz CT molecular complexity index is 876. The van der Waals surface area contributed by atoms with E-state index in [1.165, 1.54) is 6.42 Å². The third-order valence-corrected chi connectivity index (χ3v) is 5.29. The van der Waals surface area contributed by atoms with Gasteiger partial charge >= 0.3 is 0 Å². The lowest BCUT2D eigenvalue weighted by Gasteiger charge is -2.26. The number of carbonyl (C=O) groups is 2. The molecule has 1 aliphatic heterocycles. The number of ether oxygens (including phenoxy) is 1. The normalized spacial score (nSPS) is 13.7.